The number of aliphatic hydroxyl groups is 1. The number of hydrogen-bond donors (Lipinski definition) is 2. The molecule has 9 nitrogen and oxygen atoms in total. The van der Waals surface area contributed by atoms with Crippen molar-refractivity contribution in [2.45, 2.75) is 31.0 Å². The molecule has 2 aliphatic rings. The summed E-state index contributed by atoms with van der Waals surface area (Å²) in [5.41, 5.74) is 1.95. The molecule has 0 spiro atoms. The highest BCUT2D eigenvalue weighted by atomic mass is 35.5. The summed E-state index contributed by atoms with van der Waals surface area (Å²) >= 11 is 6.28. The minimum atomic E-state index is -0.630. The third-order valence-corrected chi connectivity index (χ3v) is 4.99. The van der Waals surface area contributed by atoms with E-state index in [1.165, 1.54) is 0 Å². The minimum absolute atomic E-state index is 0.240. The molecule has 3 aromatic heterocycles. The quantitative estimate of drug-likeness (QED) is 0.658. The number of rotatable bonds is 5. The fourth-order valence-electron chi connectivity index (χ4n) is 3.36. The van der Waals surface area contributed by atoms with Gasteiger partial charge in [0.2, 0.25) is 5.88 Å². The molecule has 4 atom stereocenters. The highest BCUT2D eigenvalue weighted by molar-refractivity contribution is 6.32. The number of halogens is 1. The Morgan fingerprint density at radius 3 is 3.00 bits per heavy atom. The number of H-pyrrole nitrogens is 1. The molecule has 2 saturated heterocycles. The zero-order chi connectivity index (χ0) is 19.1. The predicted molar refractivity (Wildman–Crippen MR) is 97.4 cm³/mol. The second-order valence-corrected chi connectivity index (χ2v) is 7.07. The first-order valence-corrected chi connectivity index (χ1v) is 9.21. The van der Waals surface area contributed by atoms with Gasteiger partial charge in [-0.05, 0) is 12.1 Å². The lowest BCUT2D eigenvalue weighted by Crippen LogP contribution is -2.34. The summed E-state index contributed by atoms with van der Waals surface area (Å²) in [6.07, 6.45) is 1.73. The Kier molecular flexibility index (Phi) is 4.52. The maximum atomic E-state index is 9.82. The van der Waals surface area contributed by atoms with E-state index in [9.17, 15) is 5.11 Å². The Morgan fingerprint density at radius 2 is 2.14 bits per heavy atom. The largest absolute Gasteiger partial charge is 0.472 e. The second-order valence-electron chi connectivity index (χ2n) is 6.66. The van der Waals surface area contributed by atoms with Crippen LogP contribution in [0.5, 0.6) is 11.9 Å². The molecule has 0 saturated carbocycles. The van der Waals surface area contributed by atoms with Crippen LogP contribution < -0.4 is 9.47 Å². The van der Waals surface area contributed by atoms with E-state index in [0.717, 1.165) is 5.56 Å². The Labute approximate surface area is 164 Å². The molecule has 0 aromatic carbocycles. The van der Waals surface area contributed by atoms with Gasteiger partial charge < -0.3 is 29.0 Å². The topological polar surface area (TPSA) is 112 Å². The van der Waals surface area contributed by atoms with Crippen molar-refractivity contribution in [3.05, 3.63) is 41.2 Å². The van der Waals surface area contributed by atoms with Gasteiger partial charge in [0.1, 0.15) is 29.9 Å². The van der Waals surface area contributed by atoms with Gasteiger partial charge in [-0.1, -0.05) is 17.7 Å². The lowest BCUT2D eigenvalue weighted by Gasteiger charge is -2.15. The summed E-state index contributed by atoms with van der Waals surface area (Å²) in [4.78, 5) is 15.8. The van der Waals surface area contributed by atoms with Crippen LogP contribution in [0.4, 0.5) is 0 Å². The number of aromatic nitrogens is 4. The molecule has 146 valence electrons. The third-order valence-electron chi connectivity index (χ3n) is 4.72. The predicted octanol–water partition coefficient (Wildman–Crippen LogP) is 1.49. The van der Waals surface area contributed by atoms with Crippen LogP contribution in [0.2, 0.25) is 5.02 Å². The van der Waals surface area contributed by atoms with Crippen LogP contribution >= 0.6 is 11.6 Å². The van der Waals surface area contributed by atoms with E-state index < -0.39 is 6.10 Å². The highest BCUT2D eigenvalue weighted by Gasteiger charge is 2.48. The van der Waals surface area contributed by atoms with E-state index in [0.29, 0.717) is 29.4 Å². The number of fused-ring (bicyclic) bond motifs is 2. The van der Waals surface area contributed by atoms with Gasteiger partial charge in [0, 0.05) is 18.0 Å². The van der Waals surface area contributed by atoms with E-state index >= 15 is 0 Å². The van der Waals surface area contributed by atoms with Gasteiger partial charge in [-0.15, -0.1) is 0 Å². The maximum absolute atomic E-state index is 9.82. The van der Waals surface area contributed by atoms with Crippen LogP contribution in [-0.2, 0) is 16.1 Å². The van der Waals surface area contributed by atoms with Crippen molar-refractivity contribution < 1.29 is 24.1 Å². The number of nitrogens with zero attached hydrogens (tertiary/aromatic N) is 3. The van der Waals surface area contributed by atoms with Gasteiger partial charge in [-0.2, -0.15) is 9.97 Å². The van der Waals surface area contributed by atoms with Crippen molar-refractivity contribution in [1.29, 1.82) is 0 Å². The minimum Gasteiger partial charge on any atom is -0.472 e. The summed E-state index contributed by atoms with van der Waals surface area (Å²) in [6, 6.07) is 5.70. The lowest BCUT2D eigenvalue weighted by molar-refractivity contribution is 0.00706. The molecule has 0 bridgehead atoms. The Bertz CT molecular complexity index is 985. The molecule has 2 N–H and O–H groups in total. The second kappa shape index (κ2) is 7.17. The molecule has 0 radical (unpaired) electrons. The summed E-state index contributed by atoms with van der Waals surface area (Å²) < 4.78 is 22.7. The molecule has 10 heteroatoms. The van der Waals surface area contributed by atoms with Gasteiger partial charge in [0.15, 0.2) is 11.8 Å². The summed E-state index contributed by atoms with van der Waals surface area (Å²) in [5, 5.41) is 10.2. The van der Waals surface area contributed by atoms with Crippen molar-refractivity contribution >= 4 is 22.8 Å². The van der Waals surface area contributed by atoms with Crippen LogP contribution in [0, 0.1) is 0 Å². The first-order valence-electron chi connectivity index (χ1n) is 8.83. The summed E-state index contributed by atoms with van der Waals surface area (Å²) in [5.74, 6) is 0.280. The van der Waals surface area contributed by atoms with Crippen LogP contribution in [0.25, 0.3) is 11.2 Å². The fraction of sp³-hybridized carbons (Fsp3) is 0.389. The molecule has 3 aromatic rings. The summed E-state index contributed by atoms with van der Waals surface area (Å²) in [6.45, 7) is 0.850. The van der Waals surface area contributed by atoms with Crippen molar-refractivity contribution in [3.63, 3.8) is 0 Å². The number of aromatic amines is 1. The summed E-state index contributed by atoms with van der Waals surface area (Å²) in [7, 11) is 0. The fourth-order valence-corrected chi connectivity index (χ4v) is 3.57. The zero-order valence-corrected chi connectivity index (χ0v) is 15.4. The van der Waals surface area contributed by atoms with Gasteiger partial charge in [-0.25, -0.2) is 0 Å². The molecular formula is C18H17ClN4O5. The third kappa shape index (κ3) is 3.26. The molecule has 28 heavy (non-hydrogen) atoms. The molecular weight excluding hydrogens is 388 g/mol. The maximum Gasteiger partial charge on any atom is 0.296 e. The van der Waals surface area contributed by atoms with Gasteiger partial charge >= 0.3 is 0 Å². The smallest absolute Gasteiger partial charge is 0.296 e. The number of imidazole rings is 1. The lowest BCUT2D eigenvalue weighted by atomic mass is 10.1. The monoisotopic (exact) mass is 404 g/mol. The molecule has 0 aliphatic carbocycles. The van der Waals surface area contributed by atoms with Crippen molar-refractivity contribution in [1.82, 2.24) is 19.9 Å². The Hall–Kier alpha value is -2.46. The highest BCUT2D eigenvalue weighted by Crippen LogP contribution is 2.31. The van der Waals surface area contributed by atoms with Crippen LogP contribution in [-0.4, -0.2) is 62.7 Å². The molecule has 2 aliphatic heterocycles. The first-order chi connectivity index (χ1) is 13.7. The first kappa shape index (κ1) is 17.6. The number of aliphatic hydroxyl groups excluding tert-OH is 1. The van der Waals surface area contributed by atoms with Crippen molar-refractivity contribution in [2.75, 3.05) is 13.2 Å². The Balaban J connectivity index is 1.32. The van der Waals surface area contributed by atoms with E-state index in [4.69, 9.17) is 30.5 Å². The zero-order valence-electron chi connectivity index (χ0n) is 14.6. The Morgan fingerprint density at radius 1 is 1.25 bits per heavy atom. The van der Waals surface area contributed by atoms with E-state index in [-0.39, 0.29) is 36.8 Å². The molecule has 5 rings (SSSR count). The van der Waals surface area contributed by atoms with Crippen molar-refractivity contribution in [2.24, 2.45) is 0 Å². The average Bonchev–Trinajstić information content (AvgIpc) is 3.38. The number of ether oxygens (including phenoxy) is 4. The van der Waals surface area contributed by atoms with E-state index in [1.54, 1.807) is 18.5 Å². The number of hydrogen-bond acceptors (Lipinski definition) is 8. The van der Waals surface area contributed by atoms with Gasteiger partial charge in [0.25, 0.3) is 6.01 Å². The SMILES string of the molecule is O[C@@H]1CO[C@H]2[C@@H]1OC[C@H]2Oc1nc2nc(OCc3cccnc3)c(Cl)cc2[nH]1. The molecule has 0 amide bonds. The van der Waals surface area contributed by atoms with Gasteiger partial charge in [-0.3, -0.25) is 4.98 Å². The van der Waals surface area contributed by atoms with Crippen LogP contribution in [0.15, 0.2) is 30.6 Å². The standard InChI is InChI=1S/C18H17ClN4O5/c19-10-4-11-16(22-17(10)27-6-9-2-1-3-20-5-9)23-18(21-11)28-13-8-26-14-12(24)7-25-15(13)14/h1-5,12-15,24H,6-8H2,(H,21,22,23)/t12-,13-,14-,15-/m1/s1. The normalized spacial score (nSPS) is 26.5. The molecule has 0 unspecified atom stereocenters. The molecule has 2 fully saturated rings. The number of nitrogens with one attached hydrogen (secondary N) is 1. The van der Waals surface area contributed by atoms with Crippen molar-refractivity contribution in [3.8, 4) is 11.9 Å². The average molecular weight is 405 g/mol. The van der Waals surface area contributed by atoms with E-state index in [2.05, 4.69) is 19.9 Å². The van der Waals surface area contributed by atoms with E-state index in [1.807, 2.05) is 12.1 Å². The van der Waals surface area contributed by atoms with Gasteiger partial charge in [0.05, 0.1) is 18.7 Å². The van der Waals surface area contributed by atoms with Crippen LogP contribution in [0.1, 0.15) is 5.56 Å². The molecule has 5 heterocycles. The number of pyridine rings is 2. The van der Waals surface area contributed by atoms with Crippen LogP contribution in [0.3, 0.4) is 0 Å².